The molecule has 0 unspecified atom stereocenters. The summed E-state index contributed by atoms with van der Waals surface area (Å²) in [5, 5.41) is 9.96. The van der Waals surface area contributed by atoms with Gasteiger partial charge in [-0.25, -0.2) is 13.1 Å². The Kier molecular flexibility index (Phi) is 4.90. The van der Waals surface area contributed by atoms with E-state index in [1.54, 1.807) is 45.0 Å². The monoisotopic (exact) mass is 283 g/mol. The van der Waals surface area contributed by atoms with E-state index in [1.807, 2.05) is 6.07 Å². The predicted molar refractivity (Wildman–Crippen MR) is 77.2 cm³/mol. The van der Waals surface area contributed by atoms with Crippen LogP contribution in [0.2, 0.25) is 0 Å². The summed E-state index contributed by atoms with van der Waals surface area (Å²) in [6.45, 7) is 8.34. The zero-order valence-corrected chi connectivity index (χ0v) is 12.3. The topological polar surface area (TPSA) is 66.4 Å². The molecule has 0 aliphatic rings. The minimum absolute atomic E-state index is 0.697. The molecule has 0 aliphatic heterocycles. The summed E-state index contributed by atoms with van der Waals surface area (Å²) in [7, 11) is -3.56. The minimum atomic E-state index is -3.56. The third kappa shape index (κ3) is 3.89. The first-order chi connectivity index (χ1) is 8.69. The quantitative estimate of drug-likeness (QED) is 0.812. The van der Waals surface area contributed by atoms with Gasteiger partial charge in [-0.05, 0) is 26.3 Å². The Bertz CT molecular complexity index is 517. The van der Waals surface area contributed by atoms with Crippen LogP contribution in [0.1, 0.15) is 32.4 Å². The second kappa shape index (κ2) is 5.86. The highest BCUT2D eigenvalue weighted by Gasteiger charge is 2.33. The van der Waals surface area contributed by atoms with Crippen molar-refractivity contribution in [1.29, 1.82) is 0 Å². The molecule has 106 valence electrons. The molecule has 0 saturated carbocycles. The van der Waals surface area contributed by atoms with E-state index in [0.29, 0.717) is 5.56 Å². The van der Waals surface area contributed by atoms with Crippen LogP contribution in [0.5, 0.6) is 0 Å². The smallest absolute Gasteiger partial charge is 0.217 e. The molecule has 1 rings (SSSR count). The fourth-order valence-electron chi connectivity index (χ4n) is 1.48. The number of hydrogen-bond donors (Lipinski definition) is 2. The molecule has 0 amide bonds. The van der Waals surface area contributed by atoms with Crippen molar-refractivity contribution in [3.63, 3.8) is 0 Å². The van der Waals surface area contributed by atoms with Crippen molar-refractivity contribution in [3.05, 3.63) is 48.6 Å². The normalized spacial score (nSPS) is 15.8. The first-order valence-corrected chi connectivity index (χ1v) is 7.55. The van der Waals surface area contributed by atoms with Crippen molar-refractivity contribution < 1.29 is 13.5 Å². The van der Waals surface area contributed by atoms with E-state index in [0.717, 1.165) is 0 Å². The van der Waals surface area contributed by atoms with Crippen LogP contribution in [-0.4, -0.2) is 24.4 Å². The van der Waals surface area contributed by atoms with E-state index in [-0.39, 0.29) is 0 Å². The number of sulfonamides is 1. The molecule has 0 radical (unpaired) electrons. The first-order valence-electron chi connectivity index (χ1n) is 6.06. The van der Waals surface area contributed by atoms with Crippen molar-refractivity contribution in [3.8, 4) is 0 Å². The molecule has 19 heavy (non-hydrogen) atoms. The lowest BCUT2D eigenvalue weighted by Gasteiger charge is -2.27. The van der Waals surface area contributed by atoms with Gasteiger partial charge in [0, 0.05) is 0 Å². The fourth-order valence-corrected chi connectivity index (χ4v) is 2.44. The molecule has 4 nitrogen and oxygen atoms in total. The lowest BCUT2D eigenvalue weighted by molar-refractivity contribution is 0.184. The summed E-state index contributed by atoms with van der Waals surface area (Å²) in [6, 6.07) is 8.22. The molecule has 0 bridgehead atoms. The van der Waals surface area contributed by atoms with Gasteiger partial charge in [0.1, 0.15) is 0 Å². The molecule has 2 atom stereocenters. The van der Waals surface area contributed by atoms with Gasteiger partial charge < -0.3 is 5.11 Å². The second-order valence-electron chi connectivity index (χ2n) is 5.35. The number of hydrogen-bond acceptors (Lipinski definition) is 3. The predicted octanol–water partition coefficient (Wildman–Crippen LogP) is 1.99. The summed E-state index contributed by atoms with van der Waals surface area (Å²) < 4.78 is 26.0. The largest absolute Gasteiger partial charge is 0.387 e. The standard InChI is InChI=1S/C14H21NO3S/c1-5-12(16)13(11-9-7-6-8-10-11)15-19(17,18)14(2,3)4/h5-10,12-13,15-16H,1H2,2-4H3/t12-,13-/m1/s1. The zero-order chi connectivity index (χ0) is 14.7. The molecular formula is C14H21NO3S. The highest BCUT2D eigenvalue weighted by Crippen LogP contribution is 2.22. The van der Waals surface area contributed by atoms with E-state index < -0.39 is 26.9 Å². The molecule has 0 aliphatic carbocycles. The first kappa shape index (κ1) is 15.9. The zero-order valence-electron chi connectivity index (χ0n) is 11.5. The van der Waals surface area contributed by atoms with Crippen molar-refractivity contribution in [1.82, 2.24) is 4.72 Å². The Balaban J connectivity index is 3.12. The number of benzene rings is 1. The third-order valence-corrected chi connectivity index (χ3v) is 5.01. The third-order valence-electron chi connectivity index (χ3n) is 2.83. The highest BCUT2D eigenvalue weighted by atomic mass is 32.2. The Hall–Kier alpha value is -1.17. The van der Waals surface area contributed by atoms with Gasteiger partial charge in [0.15, 0.2) is 0 Å². The van der Waals surface area contributed by atoms with Gasteiger partial charge >= 0.3 is 0 Å². The van der Waals surface area contributed by atoms with Crippen LogP contribution >= 0.6 is 0 Å². The Morgan fingerprint density at radius 3 is 2.21 bits per heavy atom. The van der Waals surface area contributed by atoms with Gasteiger partial charge in [-0.2, -0.15) is 0 Å². The van der Waals surface area contributed by atoms with E-state index in [4.69, 9.17) is 0 Å². The maximum atomic E-state index is 12.2. The van der Waals surface area contributed by atoms with Crippen LogP contribution in [-0.2, 0) is 10.0 Å². The van der Waals surface area contributed by atoms with Crippen LogP contribution < -0.4 is 4.72 Å². The molecule has 0 saturated heterocycles. The van der Waals surface area contributed by atoms with E-state index in [1.165, 1.54) is 6.08 Å². The Morgan fingerprint density at radius 2 is 1.79 bits per heavy atom. The van der Waals surface area contributed by atoms with E-state index in [9.17, 15) is 13.5 Å². The lowest BCUT2D eigenvalue weighted by Crippen LogP contribution is -2.44. The average Bonchev–Trinajstić information content (AvgIpc) is 2.35. The average molecular weight is 283 g/mol. The number of rotatable bonds is 5. The molecule has 0 fully saturated rings. The molecule has 0 heterocycles. The number of nitrogens with one attached hydrogen (secondary N) is 1. The van der Waals surface area contributed by atoms with E-state index in [2.05, 4.69) is 11.3 Å². The van der Waals surface area contributed by atoms with Gasteiger partial charge in [0.25, 0.3) is 0 Å². The summed E-state index contributed by atoms with van der Waals surface area (Å²) in [4.78, 5) is 0. The summed E-state index contributed by atoms with van der Waals surface area (Å²) in [5.74, 6) is 0. The van der Waals surface area contributed by atoms with Crippen molar-refractivity contribution in [2.75, 3.05) is 0 Å². The maximum absolute atomic E-state index is 12.2. The van der Waals surface area contributed by atoms with Gasteiger partial charge in [-0.15, -0.1) is 6.58 Å². The molecule has 1 aromatic rings. The minimum Gasteiger partial charge on any atom is -0.387 e. The summed E-state index contributed by atoms with van der Waals surface area (Å²) in [5.41, 5.74) is 0.697. The number of aliphatic hydroxyl groups is 1. The second-order valence-corrected chi connectivity index (χ2v) is 7.82. The van der Waals surface area contributed by atoms with Crippen LogP contribution in [0.3, 0.4) is 0 Å². The molecule has 5 heteroatoms. The van der Waals surface area contributed by atoms with Crippen LogP contribution in [0.4, 0.5) is 0 Å². The molecule has 0 spiro atoms. The molecule has 0 aromatic heterocycles. The maximum Gasteiger partial charge on any atom is 0.217 e. The van der Waals surface area contributed by atoms with Crippen molar-refractivity contribution >= 4 is 10.0 Å². The van der Waals surface area contributed by atoms with Gasteiger partial charge in [-0.3, -0.25) is 0 Å². The van der Waals surface area contributed by atoms with Gasteiger partial charge in [0.05, 0.1) is 16.9 Å². The van der Waals surface area contributed by atoms with Crippen molar-refractivity contribution in [2.24, 2.45) is 0 Å². The molecule has 1 aromatic carbocycles. The molecular weight excluding hydrogens is 262 g/mol. The van der Waals surface area contributed by atoms with Crippen molar-refractivity contribution in [2.45, 2.75) is 37.7 Å². The van der Waals surface area contributed by atoms with Crippen LogP contribution in [0.25, 0.3) is 0 Å². The number of aliphatic hydroxyl groups excluding tert-OH is 1. The van der Waals surface area contributed by atoms with Gasteiger partial charge in [0.2, 0.25) is 10.0 Å². The van der Waals surface area contributed by atoms with Gasteiger partial charge in [-0.1, -0.05) is 36.4 Å². The Labute approximate surface area is 115 Å². The summed E-state index contributed by atoms with van der Waals surface area (Å²) >= 11 is 0. The van der Waals surface area contributed by atoms with Crippen LogP contribution in [0, 0.1) is 0 Å². The van der Waals surface area contributed by atoms with E-state index >= 15 is 0 Å². The molecule has 2 N–H and O–H groups in total. The summed E-state index contributed by atoms with van der Waals surface area (Å²) in [6.07, 6.45) is 0.336. The lowest BCUT2D eigenvalue weighted by atomic mass is 10.0. The Morgan fingerprint density at radius 1 is 1.26 bits per heavy atom. The highest BCUT2D eigenvalue weighted by molar-refractivity contribution is 7.90. The van der Waals surface area contributed by atoms with Crippen LogP contribution in [0.15, 0.2) is 43.0 Å². The fraction of sp³-hybridized carbons (Fsp3) is 0.429. The SMILES string of the molecule is C=C[C@@H](O)[C@H](NS(=O)(=O)C(C)(C)C)c1ccccc1.